The standard InChI is InChI=1S/C13H11NO2/c1-10-4-2-3-5-12(10)13(15)16-11-6-8-14-9-7-11/h2-9H,1H3. The van der Waals surface area contributed by atoms with Crippen LogP contribution in [0, 0.1) is 6.92 Å². The van der Waals surface area contributed by atoms with E-state index in [0.29, 0.717) is 11.3 Å². The average Bonchev–Trinajstić information content (AvgIpc) is 2.31. The molecular weight excluding hydrogens is 202 g/mol. The van der Waals surface area contributed by atoms with Gasteiger partial charge >= 0.3 is 5.97 Å². The largest absolute Gasteiger partial charge is 0.423 e. The first kappa shape index (κ1) is 10.4. The van der Waals surface area contributed by atoms with Crippen molar-refractivity contribution in [2.24, 2.45) is 0 Å². The third-order valence-corrected chi connectivity index (χ3v) is 2.23. The summed E-state index contributed by atoms with van der Waals surface area (Å²) in [6, 6.07) is 10.6. The maximum absolute atomic E-state index is 11.8. The SMILES string of the molecule is Cc1ccccc1C(=O)Oc1ccncc1. The monoisotopic (exact) mass is 213 g/mol. The highest BCUT2D eigenvalue weighted by atomic mass is 16.5. The Morgan fingerprint density at radius 2 is 1.81 bits per heavy atom. The fourth-order valence-electron chi connectivity index (χ4n) is 1.37. The van der Waals surface area contributed by atoms with Crippen LogP contribution in [0.2, 0.25) is 0 Å². The van der Waals surface area contributed by atoms with E-state index >= 15 is 0 Å². The third-order valence-electron chi connectivity index (χ3n) is 2.23. The molecule has 3 nitrogen and oxygen atoms in total. The Kier molecular flexibility index (Phi) is 2.96. The zero-order valence-corrected chi connectivity index (χ0v) is 8.88. The van der Waals surface area contributed by atoms with E-state index < -0.39 is 0 Å². The molecule has 0 atom stereocenters. The number of hydrogen-bond donors (Lipinski definition) is 0. The Hall–Kier alpha value is -2.16. The average molecular weight is 213 g/mol. The molecule has 2 rings (SSSR count). The van der Waals surface area contributed by atoms with E-state index in [4.69, 9.17) is 4.74 Å². The van der Waals surface area contributed by atoms with Gasteiger partial charge in [-0.15, -0.1) is 0 Å². The van der Waals surface area contributed by atoms with Gasteiger partial charge in [0.1, 0.15) is 5.75 Å². The summed E-state index contributed by atoms with van der Waals surface area (Å²) in [4.78, 5) is 15.6. The molecular formula is C13H11NO2. The van der Waals surface area contributed by atoms with Crippen LogP contribution in [-0.2, 0) is 0 Å². The molecule has 0 fully saturated rings. The van der Waals surface area contributed by atoms with Gasteiger partial charge < -0.3 is 4.74 Å². The van der Waals surface area contributed by atoms with Gasteiger partial charge in [-0.3, -0.25) is 4.98 Å². The molecule has 0 amide bonds. The van der Waals surface area contributed by atoms with Crippen LogP contribution in [-0.4, -0.2) is 11.0 Å². The van der Waals surface area contributed by atoms with E-state index in [9.17, 15) is 4.79 Å². The smallest absolute Gasteiger partial charge is 0.343 e. The lowest BCUT2D eigenvalue weighted by atomic mass is 10.1. The molecule has 0 spiro atoms. The summed E-state index contributed by atoms with van der Waals surface area (Å²) in [5.74, 6) is 0.160. The van der Waals surface area contributed by atoms with Gasteiger partial charge in [-0.2, -0.15) is 0 Å². The molecule has 1 aromatic carbocycles. The normalized spacial score (nSPS) is 9.81. The molecule has 0 radical (unpaired) electrons. The van der Waals surface area contributed by atoms with E-state index in [1.165, 1.54) is 0 Å². The van der Waals surface area contributed by atoms with Crippen LogP contribution in [0.1, 0.15) is 15.9 Å². The fourth-order valence-corrected chi connectivity index (χ4v) is 1.37. The lowest BCUT2D eigenvalue weighted by molar-refractivity contribution is 0.0734. The van der Waals surface area contributed by atoms with E-state index in [2.05, 4.69) is 4.98 Å². The molecule has 0 saturated carbocycles. The van der Waals surface area contributed by atoms with Gasteiger partial charge in [0, 0.05) is 12.4 Å². The number of benzene rings is 1. The Bertz CT molecular complexity index is 494. The first-order valence-corrected chi connectivity index (χ1v) is 4.95. The number of pyridine rings is 1. The maximum atomic E-state index is 11.8. The molecule has 0 N–H and O–H groups in total. The molecule has 2 aromatic rings. The summed E-state index contributed by atoms with van der Waals surface area (Å²) in [5, 5.41) is 0. The van der Waals surface area contributed by atoms with Gasteiger partial charge in [-0.05, 0) is 30.7 Å². The second kappa shape index (κ2) is 4.57. The number of aromatic nitrogens is 1. The lowest BCUT2D eigenvalue weighted by Gasteiger charge is -2.05. The van der Waals surface area contributed by atoms with E-state index in [0.717, 1.165) is 5.56 Å². The van der Waals surface area contributed by atoms with Crippen molar-refractivity contribution in [3.05, 3.63) is 59.9 Å². The molecule has 0 aliphatic carbocycles. The molecule has 16 heavy (non-hydrogen) atoms. The van der Waals surface area contributed by atoms with Crippen molar-refractivity contribution in [1.29, 1.82) is 0 Å². The van der Waals surface area contributed by atoms with Crippen LogP contribution in [0.15, 0.2) is 48.8 Å². The zero-order valence-electron chi connectivity index (χ0n) is 8.88. The van der Waals surface area contributed by atoms with E-state index in [1.807, 2.05) is 25.1 Å². The number of hydrogen-bond acceptors (Lipinski definition) is 3. The van der Waals surface area contributed by atoms with E-state index in [-0.39, 0.29) is 5.97 Å². The number of nitrogens with zero attached hydrogens (tertiary/aromatic N) is 1. The Labute approximate surface area is 93.7 Å². The van der Waals surface area contributed by atoms with Crippen molar-refractivity contribution >= 4 is 5.97 Å². The Morgan fingerprint density at radius 3 is 2.50 bits per heavy atom. The van der Waals surface area contributed by atoms with Crippen molar-refractivity contribution in [3.8, 4) is 5.75 Å². The molecule has 1 heterocycles. The highest BCUT2D eigenvalue weighted by Gasteiger charge is 2.10. The maximum Gasteiger partial charge on any atom is 0.343 e. The van der Waals surface area contributed by atoms with Gasteiger partial charge in [-0.25, -0.2) is 4.79 Å². The predicted octanol–water partition coefficient (Wildman–Crippen LogP) is 2.61. The predicted molar refractivity (Wildman–Crippen MR) is 60.4 cm³/mol. The lowest BCUT2D eigenvalue weighted by Crippen LogP contribution is -2.09. The van der Waals surface area contributed by atoms with Gasteiger partial charge in [0.15, 0.2) is 0 Å². The fraction of sp³-hybridized carbons (Fsp3) is 0.0769. The molecule has 80 valence electrons. The first-order chi connectivity index (χ1) is 7.77. The van der Waals surface area contributed by atoms with Crippen molar-refractivity contribution in [2.45, 2.75) is 6.92 Å². The quantitative estimate of drug-likeness (QED) is 0.720. The minimum absolute atomic E-state index is 0.343. The molecule has 3 heteroatoms. The zero-order chi connectivity index (χ0) is 11.4. The van der Waals surface area contributed by atoms with Crippen molar-refractivity contribution in [1.82, 2.24) is 4.98 Å². The number of rotatable bonds is 2. The molecule has 0 saturated heterocycles. The Morgan fingerprint density at radius 1 is 1.12 bits per heavy atom. The summed E-state index contributed by atoms with van der Waals surface area (Å²) in [5.41, 5.74) is 1.49. The van der Waals surface area contributed by atoms with Crippen molar-refractivity contribution < 1.29 is 9.53 Å². The van der Waals surface area contributed by atoms with Crippen molar-refractivity contribution in [3.63, 3.8) is 0 Å². The van der Waals surface area contributed by atoms with Gasteiger partial charge in [-0.1, -0.05) is 18.2 Å². The number of aryl methyl sites for hydroxylation is 1. The number of ether oxygens (including phenoxy) is 1. The first-order valence-electron chi connectivity index (χ1n) is 4.95. The summed E-state index contributed by atoms with van der Waals surface area (Å²) in [6.45, 7) is 1.88. The topological polar surface area (TPSA) is 39.2 Å². The van der Waals surface area contributed by atoms with Crippen LogP contribution in [0.4, 0.5) is 0 Å². The second-order valence-corrected chi connectivity index (χ2v) is 3.39. The molecule has 0 aliphatic rings. The van der Waals surface area contributed by atoms with Crippen LogP contribution in [0.25, 0.3) is 0 Å². The summed E-state index contributed by atoms with van der Waals surface area (Å²) in [7, 11) is 0. The van der Waals surface area contributed by atoms with Crippen LogP contribution < -0.4 is 4.74 Å². The number of carbonyl (C=O) groups excluding carboxylic acids is 1. The second-order valence-electron chi connectivity index (χ2n) is 3.39. The minimum Gasteiger partial charge on any atom is -0.423 e. The van der Waals surface area contributed by atoms with Gasteiger partial charge in [0.2, 0.25) is 0 Å². The van der Waals surface area contributed by atoms with Gasteiger partial charge in [0.25, 0.3) is 0 Å². The molecule has 0 bridgehead atoms. The van der Waals surface area contributed by atoms with Gasteiger partial charge in [0.05, 0.1) is 5.56 Å². The minimum atomic E-state index is -0.343. The molecule has 0 aliphatic heterocycles. The van der Waals surface area contributed by atoms with E-state index in [1.54, 1.807) is 30.6 Å². The summed E-state index contributed by atoms with van der Waals surface area (Å²) >= 11 is 0. The highest BCUT2D eigenvalue weighted by Crippen LogP contribution is 2.13. The van der Waals surface area contributed by atoms with Crippen LogP contribution in [0.3, 0.4) is 0 Å². The van der Waals surface area contributed by atoms with Crippen molar-refractivity contribution in [2.75, 3.05) is 0 Å². The molecule has 1 aromatic heterocycles. The van der Waals surface area contributed by atoms with Crippen LogP contribution in [0.5, 0.6) is 5.75 Å². The van der Waals surface area contributed by atoms with Crippen LogP contribution >= 0.6 is 0 Å². The summed E-state index contributed by atoms with van der Waals surface area (Å²) in [6.07, 6.45) is 3.17. The number of carbonyl (C=O) groups is 1. The molecule has 0 unspecified atom stereocenters. The third kappa shape index (κ3) is 2.25. The highest BCUT2D eigenvalue weighted by molar-refractivity contribution is 5.92. The Balaban J connectivity index is 2.19. The number of esters is 1. The summed E-state index contributed by atoms with van der Waals surface area (Å²) < 4.78 is 5.20.